The molecule has 0 radical (unpaired) electrons. The first kappa shape index (κ1) is 20.6. The van der Waals surface area contributed by atoms with Gasteiger partial charge in [0, 0.05) is 24.2 Å². The van der Waals surface area contributed by atoms with Crippen LogP contribution in [0.3, 0.4) is 0 Å². The van der Waals surface area contributed by atoms with Gasteiger partial charge in [0.25, 0.3) is 5.91 Å². The maximum absolute atomic E-state index is 14.5. The van der Waals surface area contributed by atoms with Gasteiger partial charge in [0.15, 0.2) is 16.4 Å². The molecule has 162 valence electrons. The molecule has 32 heavy (non-hydrogen) atoms. The quantitative estimate of drug-likeness (QED) is 0.525. The van der Waals surface area contributed by atoms with Crippen LogP contribution >= 0.6 is 12.2 Å². The second-order valence-electron chi connectivity index (χ2n) is 8.03. The molecule has 3 N–H and O–H groups in total. The number of nitrogens with zero attached hydrogens (tertiary/aromatic N) is 2. The minimum Gasteiger partial charge on any atom is -0.395 e. The molecule has 7 heteroatoms. The minimum absolute atomic E-state index is 0.109. The van der Waals surface area contributed by atoms with Crippen LogP contribution in [-0.2, 0) is 16.9 Å². The fourth-order valence-electron chi connectivity index (χ4n) is 4.94. The van der Waals surface area contributed by atoms with Crippen molar-refractivity contribution in [2.45, 2.75) is 17.7 Å². The third-order valence-corrected chi connectivity index (χ3v) is 6.65. The van der Waals surface area contributed by atoms with Crippen molar-refractivity contribution in [3.63, 3.8) is 0 Å². The SMILES string of the molecule is O=C1N(c2ccccc2)c2ccccc2C2(O)NC(=S)N(CCO)C12Cc1ccccc1. The van der Waals surface area contributed by atoms with Crippen LogP contribution in [0.25, 0.3) is 0 Å². The molecule has 2 unspecified atom stereocenters. The van der Waals surface area contributed by atoms with E-state index in [1.54, 1.807) is 9.80 Å². The van der Waals surface area contributed by atoms with Crippen molar-refractivity contribution in [2.75, 3.05) is 18.1 Å². The van der Waals surface area contributed by atoms with E-state index >= 15 is 0 Å². The lowest BCUT2D eigenvalue weighted by Crippen LogP contribution is -2.71. The first-order valence-electron chi connectivity index (χ1n) is 10.5. The lowest BCUT2D eigenvalue weighted by atomic mass is 9.72. The van der Waals surface area contributed by atoms with E-state index in [2.05, 4.69) is 5.32 Å². The monoisotopic (exact) mass is 445 g/mol. The fraction of sp³-hybridized carbons (Fsp3) is 0.200. The standard InChI is InChI=1S/C25H23N3O3S/c29-16-15-27-23(32)26-25(31)20-13-7-8-14-21(20)28(19-11-5-2-6-12-19)22(30)24(25,27)17-18-9-3-1-4-10-18/h1-14,29,31H,15-17H2,(H,26,32). The molecule has 1 saturated heterocycles. The number of carbonyl (C=O) groups excluding carboxylic acids is 1. The topological polar surface area (TPSA) is 76.0 Å². The van der Waals surface area contributed by atoms with Gasteiger partial charge in [0.05, 0.1) is 12.3 Å². The second kappa shape index (κ2) is 7.70. The van der Waals surface area contributed by atoms with E-state index in [-0.39, 0.29) is 30.6 Å². The van der Waals surface area contributed by atoms with Crippen LogP contribution in [0.2, 0.25) is 0 Å². The first-order chi connectivity index (χ1) is 15.5. The van der Waals surface area contributed by atoms with Crippen molar-refractivity contribution in [1.29, 1.82) is 0 Å². The summed E-state index contributed by atoms with van der Waals surface area (Å²) in [6.07, 6.45) is 0.202. The Balaban J connectivity index is 1.81. The predicted octanol–water partition coefficient (Wildman–Crippen LogP) is 2.67. The molecule has 2 atom stereocenters. The lowest BCUT2D eigenvalue weighted by Gasteiger charge is -2.51. The third kappa shape index (κ3) is 2.79. The summed E-state index contributed by atoms with van der Waals surface area (Å²) in [5.41, 5.74) is -0.535. The zero-order valence-corrected chi connectivity index (χ0v) is 18.1. The van der Waals surface area contributed by atoms with Crippen LogP contribution in [0.1, 0.15) is 11.1 Å². The molecule has 0 aliphatic carbocycles. The first-order valence-corrected chi connectivity index (χ1v) is 10.9. The number of hydrogen-bond donors (Lipinski definition) is 3. The molecule has 1 fully saturated rings. The number of benzene rings is 3. The highest BCUT2D eigenvalue weighted by atomic mass is 32.1. The number of thiocarbonyl (C=S) groups is 1. The average molecular weight is 446 g/mol. The van der Waals surface area contributed by atoms with Gasteiger partial charge in [-0.25, -0.2) is 0 Å². The summed E-state index contributed by atoms with van der Waals surface area (Å²) in [4.78, 5) is 17.8. The second-order valence-corrected chi connectivity index (χ2v) is 8.42. The maximum Gasteiger partial charge on any atom is 0.263 e. The Morgan fingerprint density at radius 3 is 2.22 bits per heavy atom. The minimum atomic E-state index is -1.77. The van der Waals surface area contributed by atoms with Crippen molar-refractivity contribution in [3.8, 4) is 0 Å². The number of carbonyl (C=O) groups is 1. The highest BCUT2D eigenvalue weighted by Gasteiger charge is 2.70. The smallest absolute Gasteiger partial charge is 0.263 e. The maximum atomic E-state index is 14.5. The normalized spacial score (nSPS) is 24.2. The lowest BCUT2D eigenvalue weighted by molar-refractivity contribution is -0.148. The van der Waals surface area contributed by atoms with Crippen LogP contribution in [0.15, 0.2) is 84.9 Å². The highest BCUT2D eigenvalue weighted by molar-refractivity contribution is 7.80. The summed E-state index contributed by atoms with van der Waals surface area (Å²) < 4.78 is 0. The summed E-state index contributed by atoms with van der Waals surface area (Å²) in [5, 5.41) is 25.3. The molecule has 2 aliphatic rings. The molecule has 3 aromatic rings. The van der Waals surface area contributed by atoms with Crippen molar-refractivity contribution >= 4 is 34.6 Å². The van der Waals surface area contributed by atoms with E-state index in [4.69, 9.17) is 12.2 Å². The van der Waals surface area contributed by atoms with Crippen molar-refractivity contribution in [2.24, 2.45) is 0 Å². The zero-order chi connectivity index (χ0) is 22.3. The van der Waals surface area contributed by atoms with Gasteiger partial charge < -0.3 is 20.4 Å². The van der Waals surface area contributed by atoms with Crippen LogP contribution in [-0.4, -0.2) is 44.8 Å². The van der Waals surface area contributed by atoms with Gasteiger partial charge >= 0.3 is 0 Å². The molecule has 1 amide bonds. The number of hydrogen-bond acceptors (Lipinski definition) is 4. The van der Waals surface area contributed by atoms with Gasteiger partial charge in [0.2, 0.25) is 0 Å². The molecule has 0 saturated carbocycles. The zero-order valence-electron chi connectivity index (χ0n) is 17.3. The number of aliphatic hydroxyl groups is 2. The number of anilines is 2. The third-order valence-electron chi connectivity index (χ3n) is 6.32. The van der Waals surface area contributed by atoms with Gasteiger partial charge in [-0.05, 0) is 36.0 Å². The van der Waals surface area contributed by atoms with Crippen LogP contribution in [0.5, 0.6) is 0 Å². The molecule has 0 bridgehead atoms. The molecule has 2 aliphatic heterocycles. The molecular formula is C25H23N3O3S. The molecule has 6 nitrogen and oxygen atoms in total. The van der Waals surface area contributed by atoms with Crippen molar-refractivity contribution in [1.82, 2.24) is 10.2 Å². The Morgan fingerprint density at radius 2 is 1.53 bits per heavy atom. The van der Waals surface area contributed by atoms with E-state index in [1.807, 2.05) is 84.9 Å². The van der Waals surface area contributed by atoms with E-state index in [0.29, 0.717) is 16.9 Å². The Bertz CT molecular complexity index is 1170. The molecule has 3 aromatic carbocycles. The predicted molar refractivity (Wildman–Crippen MR) is 126 cm³/mol. The Kier molecular flexibility index (Phi) is 4.97. The van der Waals surface area contributed by atoms with Gasteiger partial charge in [-0.3, -0.25) is 9.69 Å². The molecule has 0 aromatic heterocycles. The number of β-amino-alcohol motifs (C(OH)–C–C–N with tert-alkyl or cyclic N) is 1. The largest absolute Gasteiger partial charge is 0.395 e. The van der Waals surface area contributed by atoms with Crippen LogP contribution in [0, 0.1) is 0 Å². The Labute approximate surface area is 191 Å². The summed E-state index contributed by atoms with van der Waals surface area (Å²) in [5.74, 6) is -0.311. The highest BCUT2D eigenvalue weighted by Crippen LogP contribution is 2.52. The molecule has 5 rings (SSSR count). The van der Waals surface area contributed by atoms with E-state index in [1.165, 1.54) is 0 Å². The number of nitrogens with one attached hydrogen (secondary N) is 1. The van der Waals surface area contributed by atoms with Crippen molar-refractivity contribution in [3.05, 3.63) is 96.1 Å². The summed E-state index contributed by atoms with van der Waals surface area (Å²) in [6, 6.07) is 26.3. The number of fused-ring (bicyclic) bond motifs is 3. The Morgan fingerprint density at radius 1 is 0.906 bits per heavy atom. The summed E-state index contributed by atoms with van der Waals surface area (Å²) in [6.45, 7) is -0.105. The number of para-hydroxylation sites is 2. The average Bonchev–Trinajstić information content (AvgIpc) is 3.04. The molecule has 0 spiro atoms. The Hall–Kier alpha value is -3.26. The van der Waals surface area contributed by atoms with Crippen LogP contribution < -0.4 is 10.2 Å². The van der Waals surface area contributed by atoms with E-state index in [9.17, 15) is 15.0 Å². The van der Waals surface area contributed by atoms with Gasteiger partial charge in [0.1, 0.15) is 0 Å². The van der Waals surface area contributed by atoms with E-state index < -0.39 is 11.3 Å². The molecular weight excluding hydrogens is 422 g/mol. The number of aliphatic hydroxyl groups excluding tert-OH is 1. The van der Waals surface area contributed by atoms with Crippen molar-refractivity contribution < 1.29 is 15.0 Å². The molecule has 2 heterocycles. The summed E-state index contributed by atoms with van der Waals surface area (Å²) >= 11 is 5.59. The van der Waals surface area contributed by atoms with Gasteiger partial charge in [-0.1, -0.05) is 66.7 Å². The van der Waals surface area contributed by atoms with Gasteiger partial charge in [-0.2, -0.15) is 0 Å². The van der Waals surface area contributed by atoms with Gasteiger partial charge in [-0.15, -0.1) is 0 Å². The van der Waals surface area contributed by atoms with E-state index in [0.717, 1.165) is 5.56 Å². The summed E-state index contributed by atoms with van der Waals surface area (Å²) in [7, 11) is 0. The van der Waals surface area contributed by atoms with Crippen LogP contribution in [0.4, 0.5) is 11.4 Å². The number of amides is 1. The number of rotatable bonds is 5. The fourth-order valence-corrected chi connectivity index (χ4v) is 5.33.